The molecule has 18 heavy (non-hydrogen) atoms. The van der Waals surface area contributed by atoms with E-state index in [0.717, 1.165) is 16.2 Å². The molecule has 98 valence electrons. The summed E-state index contributed by atoms with van der Waals surface area (Å²) in [6.07, 6.45) is -1.88. The third-order valence-electron chi connectivity index (χ3n) is 2.90. The molecule has 0 saturated carbocycles. The van der Waals surface area contributed by atoms with Crippen molar-refractivity contribution < 1.29 is 13.6 Å². The summed E-state index contributed by atoms with van der Waals surface area (Å²) in [6, 6.07) is 1.21. The Morgan fingerprint density at radius 3 is 2.78 bits per heavy atom. The van der Waals surface area contributed by atoms with Crippen molar-refractivity contribution in [3.8, 4) is 0 Å². The van der Waals surface area contributed by atoms with Crippen LogP contribution in [-0.2, 0) is 10.3 Å². The number of halogens is 3. The van der Waals surface area contributed by atoms with Gasteiger partial charge in [-0.05, 0) is 28.9 Å². The van der Waals surface area contributed by atoms with Gasteiger partial charge in [0.1, 0.15) is 5.54 Å². The second kappa shape index (κ2) is 4.27. The van der Waals surface area contributed by atoms with Gasteiger partial charge in [-0.3, -0.25) is 15.1 Å². The number of hydrogen-bond donors (Lipinski definition) is 2. The first-order valence-electron chi connectivity index (χ1n) is 5.01. The summed E-state index contributed by atoms with van der Waals surface area (Å²) in [5.74, 6) is -1.03. The average Bonchev–Trinajstić information content (AvgIpc) is 2.64. The van der Waals surface area contributed by atoms with Crippen molar-refractivity contribution in [3.05, 3.63) is 20.5 Å². The fraction of sp³-hybridized carbons (Fsp3) is 0.400. The lowest BCUT2D eigenvalue weighted by atomic mass is 9.91. The predicted octanol–water partition coefficient (Wildman–Crippen LogP) is 2.20. The van der Waals surface area contributed by atoms with Gasteiger partial charge in [0.15, 0.2) is 11.1 Å². The minimum absolute atomic E-state index is 0.211. The number of amides is 1. The molecule has 1 aliphatic heterocycles. The average molecular weight is 338 g/mol. The van der Waals surface area contributed by atoms with E-state index in [1.165, 1.54) is 20.0 Å². The number of thiophene rings is 1. The molecule has 0 spiro atoms. The van der Waals surface area contributed by atoms with Gasteiger partial charge in [-0.25, -0.2) is 4.39 Å². The van der Waals surface area contributed by atoms with E-state index in [2.05, 4.69) is 21.2 Å². The van der Waals surface area contributed by atoms with E-state index >= 15 is 0 Å². The quantitative estimate of drug-likeness (QED) is 0.825. The monoisotopic (exact) mass is 337 g/mol. The first-order valence-corrected chi connectivity index (χ1v) is 6.62. The molecule has 0 bridgehead atoms. The predicted molar refractivity (Wildman–Crippen MR) is 67.9 cm³/mol. The molecular formula is C10H10BrF2N3OS. The fourth-order valence-electron chi connectivity index (χ4n) is 1.79. The number of hydrogen-bond acceptors (Lipinski definition) is 3. The van der Waals surface area contributed by atoms with Crippen LogP contribution in [0.1, 0.15) is 11.8 Å². The molecule has 1 aliphatic rings. The van der Waals surface area contributed by atoms with Gasteiger partial charge in [-0.1, -0.05) is 0 Å². The fourth-order valence-corrected chi connectivity index (χ4v) is 3.69. The number of carbonyl (C=O) groups excluding carboxylic acids is 1. The molecule has 1 amide bonds. The van der Waals surface area contributed by atoms with Crippen LogP contribution in [-0.4, -0.2) is 30.0 Å². The molecule has 4 nitrogen and oxygen atoms in total. The van der Waals surface area contributed by atoms with Gasteiger partial charge in [0.2, 0.25) is 6.17 Å². The van der Waals surface area contributed by atoms with E-state index in [0.29, 0.717) is 9.35 Å². The zero-order chi connectivity index (χ0) is 13.7. The van der Waals surface area contributed by atoms with Crippen molar-refractivity contribution in [1.82, 2.24) is 10.2 Å². The lowest BCUT2D eigenvalue weighted by Crippen LogP contribution is -2.65. The van der Waals surface area contributed by atoms with Crippen LogP contribution in [0, 0.1) is 10.5 Å². The van der Waals surface area contributed by atoms with Gasteiger partial charge in [-0.2, -0.15) is 4.39 Å². The third-order valence-corrected chi connectivity index (χ3v) is 4.94. The van der Waals surface area contributed by atoms with E-state index < -0.39 is 22.7 Å². The maximum absolute atomic E-state index is 14.2. The van der Waals surface area contributed by atoms with Crippen LogP contribution in [0.3, 0.4) is 0 Å². The normalized spacial score (nSPS) is 28.5. The molecular weight excluding hydrogens is 328 g/mol. The summed E-state index contributed by atoms with van der Waals surface area (Å²) in [5, 5.41) is 9.76. The number of carbonyl (C=O) groups is 1. The van der Waals surface area contributed by atoms with E-state index in [4.69, 9.17) is 5.41 Å². The summed E-state index contributed by atoms with van der Waals surface area (Å²) in [6.45, 7) is 1.44. The van der Waals surface area contributed by atoms with Crippen LogP contribution in [0.25, 0.3) is 0 Å². The summed E-state index contributed by atoms with van der Waals surface area (Å²) in [7, 11) is 1.31. The van der Waals surface area contributed by atoms with Crippen molar-refractivity contribution in [2.24, 2.45) is 0 Å². The molecule has 2 atom stereocenters. The Bertz CT molecular complexity index is 535. The summed E-state index contributed by atoms with van der Waals surface area (Å²) in [5.41, 5.74) is -1.44. The van der Waals surface area contributed by atoms with Crippen LogP contribution in [0.4, 0.5) is 8.78 Å². The maximum atomic E-state index is 14.2. The van der Waals surface area contributed by atoms with Crippen molar-refractivity contribution in [2.45, 2.75) is 18.6 Å². The van der Waals surface area contributed by atoms with Crippen molar-refractivity contribution in [3.63, 3.8) is 0 Å². The molecule has 1 aromatic rings. The minimum atomic E-state index is -1.88. The molecule has 1 fully saturated rings. The molecule has 1 aromatic heterocycles. The lowest BCUT2D eigenvalue weighted by Gasteiger charge is -2.41. The molecule has 2 rings (SSSR count). The number of nitrogens with zero attached hydrogens (tertiary/aromatic N) is 1. The van der Waals surface area contributed by atoms with Gasteiger partial charge in [0.25, 0.3) is 5.91 Å². The topological polar surface area (TPSA) is 56.2 Å². The molecule has 2 N–H and O–H groups in total. The van der Waals surface area contributed by atoms with Crippen LogP contribution in [0.2, 0.25) is 0 Å². The van der Waals surface area contributed by atoms with Crippen LogP contribution >= 0.6 is 27.3 Å². The van der Waals surface area contributed by atoms with Crippen LogP contribution < -0.4 is 5.32 Å². The lowest BCUT2D eigenvalue weighted by molar-refractivity contribution is -0.136. The van der Waals surface area contributed by atoms with E-state index in [-0.39, 0.29) is 5.96 Å². The van der Waals surface area contributed by atoms with Gasteiger partial charge in [-0.15, -0.1) is 11.3 Å². The number of rotatable bonds is 1. The Labute approximate surface area is 115 Å². The Morgan fingerprint density at radius 2 is 2.28 bits per heavy atom. The highest BCUT2D eigenvalue weighted by molar-refractivity contribution is 9.10. The Balaban J connectivity index is 2.50. The first-order chi connectivity index (χ1) is 8.27. The number of guanidine groups is 1. The van der Waals surface area contributed by atoms with Gasteiger partial charge < -0.3 is 5.32 Å². The molecule has 8 heteroatoms. The third kappa shape index (κ3) is 1.83. The largest absolute Gasteiger partial charge is 0.342 e. The SMILES string of the molecule is CN1C(=N)N[C@](C)(c2sc(F)cc2Br)[C@H](F)C1=O. The van der Waals surface area contributed by atoms with E-state index in [9.17, 15) is 13.6 Å². The van der Waals surface area contributed by atoms with Crippen molar-refractivity contribution >= 4 is 39.1 Å². The zero-order valence-electron chi connectivity index (χ0n) is 9.55. The van der Waals surface area contributed by atoms with E-state index in [1.807, 2.05) is 0 Å². The summed E-state index contributed by atoms with van der Waals surface area (Å²) >= 11 is 3.88. The highest BCUT2D eigenvalue weighted by Crippen LogP contribution is 2.40. The van der Waals surface area contributed by atoms with Crippen molar-refractivity contribution in [2.75, 3.05) is 7.05 Å². The molecule has 1 saturated heterocycles. The Hall–Kier alpha value is -1.02. The highest BCUT2D eigenvalue weighted by Gasteiger charge is 2.50. The zero-order valence-corrected chi connectivity index (χ0v) is 12.0. The van der Waals surface area contributed by atoms with Crippen LogP contribution in [0.5, 0.6) is 0 Å². The van der Waals surface area contributed by atoms with Crippen LogP contribution in [0.15, 0.2) is 10.5 Å². The Morgan fingerprint density at radius 1 is 1.67 bits per heavy atom. The standard InChI is InChI=1S/C10H10BrF2N3OS/c1-10(7-4(11)3-5(12)18-7)6(13)8(17)16(2)9(14)15-10/h3,6H,1-2H3,(H2,14,15)/t6-,10+/m1/s1. The summed E-state index contributed by atoms with van der Waals surface area (Å²) in [4.78, 5) is 12.9. The first kappa shape index (κ1) is 13.4. The van der Waals surface area contributed by atoms with Gasteiger partial charge in [0.05, 0.1) is 4.88 Å². The van der Waals surface area contributed by atoms with Gasteiger partial charge in [0, 0.05) is 11.5 Å². The number of nitrogens with one attached hydrogen (secondary N) is 2. The second-order valence-electron chi connectivity index (χ2n) is 4.16. The molecule has 0 unspecified atom stereocenters. The highest BCUT2D eigenvalue weighted by atomic mass is 79.9. The minimum Gasteiger partial charge on any atom is -0.342 e. The molecule has 0 radical (unpaired) electrons. The molecule has 0 aromatic carbocycles. The smallest absolute Gasteiger partial charge is 0.266 e. The second-order valence-corrected chi connectivity index (χ2v) is 6.02. The number of alkyl halides is 1. The Kier molecular flexibility index (Phi) is 3.18. The molecule has 2 heterocycles. The maximum Gasteiger partial charge on any atom is 0.266 e. The summed E-state index contributed by atoms with van der Waals surface area (Å²) < 4.78 is 27.8. The van der Waals surface area contributed by atoms with E-state index in [1.54, 1.807) is 0 Å². The van der Waals surface area contributed by atoms with Crippen molar-refractivity contribution in [1.29, 1.82) is 5.41 Å². The van der Waals surface area contributed by atoms with Gasteiger partial charge >= 0.3 is 0 Å². The molecule has 0 aliphatic carbocycles.